The first-order valence-corrected chi connectivity index (χ1v) is 13.3. The molecule has 0 unspecified atom stereocenters. The Balaban J connectivity index is 2.00. The molecule has 0 bridgehead atoms. The van der Waals surface area contributed by atoms with Crippen LogP contribution in [0.3, 0.4) is 0 Å². The third kappa shape index (κ3) is 6.62. The number of carbonyl (C=O) groups excluding carboxylic acids is 2. The zero-order chi connectivity index (χ0) is 25.6. The lowest BCUT2D eigenvalue weighted by atomic mass is 10.1. The molecule has 0 aliphatic carbocycles. The number of likely N-dealkylation sites (N-methyl/N-ethyl adjacent to an activating group) is 1. The summed E-state index contributed by atoms with van der Waals surface area (Å²) in [4.78, 5) is 27.5. The van der Waals surface area contributed by atoms with Crippen LogP contribution in [0.2, 0.25) is 5.02 Å². The molecule has 0 aliphatic heterocycles. The number of carbonyl (C=O) groups is 2. The first-order valence-electron chi connectivity index (χ1n) is 10.7. The summed E-state index contributed by atoms with van der Waals surface area (Å²) < 4.78 is 29.0. The van der Waals surface area contributed by atoms with Gasteiger partial charge in [0.25, 0.3) is 10.0 Å². The fourth-order valence-electron chi connectivity index (χ4n) is 3.43. The summed E-state index contributed by atoms with van der Waals surface area (Å²) >= 11 is 9.39. The van der Waals surface area contributed by atoms with Crippen molar-refractivity contribution >= 4 is 55.1 Å². The minimum absolute atomic E-state index is 0.0431. The van der Waals surface area contributed by atoms with E-state index in [0.717, 1.165) is 14.3 Å². The maximum atomic E-state index is 13.6. The van der Waals surface area contributed by atoms with Crippen LogP contribution in [0.4, 0.5) is 5.69 Å². The van der Waals surface area contributed by atoms with Crippen molar-refractivity contribution in [3.05, 3.63) is 93.9 Å². The molecule has 0 aromatic heterocycles. The molecule has 0 spiro atoms. The van der Waals surface area contributed by atoms with E-state index in [-0.39, 0.29) is 23.0 Å². The first kappa shape index (κ1) is 26.7. The molecule has 3 aromatic rings. The van der Waals surface area contributed by atoms with Crippen LogP contribution >= 0.6 is 27.5 Å². The summed E-state index contributed by atoms with van der Waals surface area (Å²) in [5.74, 6) is -0.891. The van der Waals surface area contributed by atoms with Gasteiger partial charge in [-0.15, -0.1) is 0 Å². The lowest BCUT2D eigenvalue weighted by molar-refractivity contribution is -0.139. The van der Waals surface area contributed by atoms with Gasteiger partial charge < -0.3 is 10.2 Å². The monoisotopic (exact) mass is 577 g/mol. The highest BCUT2D eigenvalue weighted by atomic mass is 79.9. The Bertz CT molecular complexity index is 1270. The highest BCUT2D eigenvalue weighted by Crippen LogP contribution is 2.26. The van der Waals surface area contributed by atoms with E-state index in [2.05, 4.69) is 21.2 Å². The van der Waals surface area contributed by atoms with Crippen LogP contribution in [0.5, 0.6) is 0 Å². The normalized spacial score (nSPS) is 12.0. The van der Waals surface area contributed by atoms with E-state index >= 15 is 0 Å². The third-order valence-electron chi connectivity index (χ3n) is 5.40. The molecule has 7 nitrogen and oxygen atoms in total. The zero-order valence-corrected chi connectivity index (χ0v) is 22.3. The average molecular weight is 579 g/mol. The summed E-state index contributed by atoms with van der Waals surface area (Å²) in [7, 11) is -2.60. The van der Waals surface area contributed by atoms with Gasteiger partial charge in [0.15, 0.2) is 0 Å². The molecule has 3 aromatic carbocycles. The molecule has 0 heterocycles. The molecule has 184 valence electrons. The molecule has 1 N–H and O–H groups in total. The Morgan fingerprint density at radius 3 is 2.14 bits per heavy atom. The summed E-state index contributed by atoms with van der Waals surface area (Å²) in [6, 6.07) is 20.6. The highest BCUT2D eigenvalue weighted by molar-refractivity contribution is 9.10. The second-order valence-electron chi connectivity index (χ2n) is 7.74. The van der Waals surface area contributed by atoms with Crippen LogP contribution in [0.15, 0.2) is 88.2 Å². The van der Waals surface area contributed by atoms with E-state index in [1.807, 2.05) is 24.3 Å². The number of hydrogen-bond donors (Lipinski definition) is 1. The van der Waals surface area contributed by atoms with Crippen LogP contribution in [-0.4, -0.2) is 44.8 Å². The van der Waals surface area contributed by atoms with Crippen molar-refractivity contribution in [2.24, 2.45) is 0 Å². The molecule has 0 radical (unpaired) electrons. The van der Waals surface area contributed by atoms with Gasteiger partial charge in [-0.1, -0.05) is 57.9 Å². The van der Waals surface area contributed by atoms with Crippen molar-refractivity contribution in [1.82, 2.24) is 10.2 Å². The van der Waals surface area contributed by atoms with Gasteiger partial charge in [0, 0.05) is 23.1 Å². The van der Waals surface area contributed by atoms with E-state index in [1.165, 1.54) is 36.2 Å². The molecule has 0 saturated carbocycles. The summed E-state index contributed by atoms with van der Waals surface area (Å²) in [5, 5.41) is 2.99. The summed E-state index contributed by atoms with van der Waals surface area (Å²) in [6.07, 6.45) is 0. The van der Waals surface area contributed by atoms with Gasteiger partial charge in [-0.25, -0.2) is 8.42 Å². The van der Waals surface area contributed by atoms with Gasteiger partial charge in [0.05, 0.1) is 10.6 Å². The SMILES string of the molecule is CNC(=O)[C@H](C)N(Cc1ccc(Br)cc1)C(=O)CN(c1ccc(Cl)cc1)S(=O)(=O)c1ccccc1. The Labute approximate surface area is 218 Å². The Morgan fingerprint density at radius 1 is 0.971 bits per heavy atom. The number of nitrogens with one attached hydrogen (secondary N) is 1. The molecule has 0 fully saturated rings. The van der Waals surface area contributed by atoms with E-state index in [0.29, 0.717) is 5.02 Å². The predicted molar refractivity (Wildman–Crippen MR) is 141 cm³/mol. The average Bonchev–Trinajstić information content (AvgIpc) is 2.87. The highest BCUT2D eigenvalue weighted by Gasteiger charge is 2.32. The first-order chi connectivity index (χ1) is 16.6. The standard InChI is InChI=1S/C25H25BrClN3O4S/c1-18(25(32)28-2)29(16-19-8-10-20(26)11-9-19)24(31)17-30(22-14-12-21(27)13-15-22)35(33,34)23-6-4-3-5-7-23/h3-15,18H,16-17H2,1-2H3,(H,28,32)/t18-/m0/s1. The molecule has 35 heavy (non-hydrogen) atoms. The van der Waals surface area contributed by atoms with Crippen molar-refractivity contribution in [1.29, 1.82) is 0 Å². The molecule has 1 atom stereocenters. The summed E-state index contributed by atoms with van der Waals surface area (Å²) in [5.41, 5.74) is 1.07. The maximum absolute atomic E-state index is 13.6. The number of anilines is 1. The van der Waals surface area contributed by atoms with Crippen molar-refractivity contribution in [2.45, 2.75) is 24.4 Å². The van der Waals surface area contributed by atoms with Gasteiger partial charge in [-0.3, -0.25) is 13.9 Å². The van der Waals surface area contributed by atoms with E-state index in [4.69, 9.17) is 11.6 Å². The fraction of sp³-hybridized carbons (Fsp3) is 0.200. The van der Waals surface area contributed by atoms with Gasteiger partial charge in [-0.2, -0.15) is 0 Å². The van der Waals surface area contributed by atoms with Crippen LogP contribution in [0.1, 0.15) is 12.5 Å². The minimum atomic E-state index is -4.09. The summed E-state index contributed by atoms with van der Waals surface area (Å²) in [6.45, 7) is 1.23. The predicted octanol–water partition coefficient (Wildman–Crippen LogP) is 4.46. The maximum Gasteiger partial charge on any atom is 0.264 e. The quantitative estimate of drug-likeness (QED) is 0.406. The number of amides is 2. The van der Waals surface area contributed by atoms with Gasteiger partial charge >= 0.3 is 0 Å². The Hall–Kier alpha value is -2.88. The lowest BCUT2D eigenvalue weighted by Gasteiger charge is -2.31. The van der Waals surface area contributed by atoms with Crippen molar-refractivity contribution in [3.8, 4) is 0 Å². The number of hydrogen-bond acceptors (Lipinski definition) is 4. The second-order valence-corrected chi connectivity index (χ2v) is 11.0. The number of halogens is 2. The van der Waals surface area contributed by atoms with Crippen molar-refractivity contribution in [3.63, 3.8) is 0 Å². The topological polar surface area (TPSA) is 86.8 Å². The van der Waals surface area contributed by atoms with Gasteiger partial charge in [-0.05, 0) is 61.0 Å². The van der Waals surface area contributed by atoms with Gasteiger partial charge in [0.1, 0.15) is 12.6 Å². The molecule has 3 rings (SSSR count). The van der Waals surface area contributed by atoms with Crippen LogP contribution < -0.4 is 9.62 Å². The number of benzene rings is 3. The van der Waals surface area contributed by atoms with Crippen LogP contribution in [-0.2, 0) is 26.2 Å². The fourth-order valence-corrected chi connectivity index (χ4v) is 5.26. The van der Waals surface area contributed by atoms with Crippen molar-refractivity contribution in [2.75, 3.05) is 17.9 Å². The van der Waals surface area contributed by atoms with Crippen LogP contribution in [0, 0.1) is 0 Å². The molecular weight excluding hydrogens is 554 g/mol. The lowest BCUT2D eigenvalue weighted by Crippen LogP contribution is -2.50. The van der Waals surface area contributed by atoms with E-state index in [1.54, 1.807) is 37.3 Å². The molecule has 0 saturated heterocycles. The third-order valence-corrected chi connectivity index (χ3v) is 7.97. The molecular formula is C25H25BrClN3O4S. The second kappa shape index (κ2) is 11.7. The Kier molecular flexibility index (Phi) is 8.93. The number of nitrogens with zero attached hydrogens (tertiary/aromatic N) is 2. The minimum Gasteiger partial charge on any atom is -0.357 e. The largest absolute Gasteiger partial charge is 0.357 e. The van der Waals surface area contributed by atoms with Crippen molar-refractivity contribution < 1.29 is 18.0 Å². The molecule has 2 amide bonds. The molecule has 0 aliphatic rings. The van der Waals surface area contributed by atoms with Crippen LogP contribution in [0.25, 0.3) is 0 Å². The Morgan fingerprint density at radius 2 is 1.57 bits per heavy atom. The number of rotatable bonds is 9. The zero-order valence-electron chi connectivity index (χ0n) is 19.2. The number of sulfonamides is 1. The van der Waals surface area contributed by atoms with E-state index in [9.17, 15) is 18.0 Å². The van der Waals surface area contributed by atoms with E-state index < -0.39 is 28.5 Å². The van der Waals surface area contributed by atoms with Gasteiger partial charge in [0.2, 0.25) is 11.8 Å². The smallest absolute Gasteiger partial charge is 0.264 e. The molecule has 10 heteroatoms.